The van der Waals surface area contributed by atoms with Crippen molar-refractivity contribution in [3.8, 4) is 0 Å². The number of fused-ring (bicyclic) bond motifs is 1. The first-order chi connectivity index (χ1) is 13.9. The van der Waals surface area contributed by atoms with E-state index in [1.165, 1.54) is 15.8 Å². The van der Waals surface area contributed by atoms with Crippen molar-refractivity contribution in [2.75, 3.05) is 29.4 Å². The number of nitrogens with zero attached hydrogens (tertiary/aromatic N) is 5. The molecule has 152 valence electrons. The first-order valence-electron chi connectivity index (χ1n) is 9.21. The predicted octanol–water partition coefficient (Wildman–Crippen LogP) is 1.35. The van der Waals surface area contributed by atoms with Gasteiger partial charge < -0.3 is 14.7 Å². The summed E-state index contributed by atoms with van der Waals surface area (Å²) in [6.07, 6.45) is 1.92. The number of aliphatic carboxylic acids is 1. The van der Waals surface area contributed by atoms with Crippen LogP contribution in [-0.2, 0) is 16.1 Å². The number of cyclic esters (lactones) is 1. The van der Waals surface area contributed by atoms with Gasteiger partial charge in [0, 0.05) is 31.4 Å². The molecule has 1 aliphatic carbocycles. The summed E-state index contributed by atoms with van der Waals surface area (Å²) in [5, 5.41) is 16.6. The van der Waals surface area contributed by atoms with Gasteiger partial charge in [-0.1, -0.05) is 5.21 Å². The zero-order valence-corrected chi connectivity index (χ0v) is 15.1. The summed E-state index contributed by atoms with van der Waals surface area (Å²) in [7, 11) is 0. The zero-order chi connectivity index (χ0) is 20.3. The molecule has 1 amide bonds. The Kier molecular flexibility index (Phi) is 3.93. The molecule has 3 fully saturated rings. The van der Waals surface area contributed by atoms with Crippen LogP contribution >= 0.6 is 0 Å². The first kappa shape index (κ1) is 17.8. The van der Waals surface area contributed by atoms with Crippen molar-refractivity contribution in [1.82, 2.24) is 15.0 Å². The minimum Gasteiger partial charge on any atom is -0.481 e. The Bertz CT molecular complexity index is 950. The lowest BCUT2D eigenvalue weighted by Gasteiger charge is -2.24. The van der Waals surface area contributed by atoms with E-state index in [0.717, 1.165) is 12.1 Å². The number of piperidine rings is 1. The van der Waals surface area contributed by atoms with E-state index in [-0.39, 0.29) is 36.3 Å². The number of ether oxygens (including phenoxy) is 1. The normalized spacial score (nSPS) is 27.9. The Morgan fingerprint density at radius 1 is 1.21 bits per heavy atom. The molecule has 9 nitrogen and oxygen atoms in total. The van der Waals surface area contributed by atoms with E-state index in [0.29, 0.717) is 13.1 Å². The maximum Gasteiger partial charge on any atom is 0.414 e. The third-order valence-corrected chi connectivity index (χ3v) is 5.85. The lowest BCUT2D eigenvalue weighted by Crippen LogP contribution is -2.29. The van der Waals surface area contributed by atoms with Crippen molar-refractivity contribution in [2.24, 2.45) is 17.8 Å². The summed E-state index contributed by atoms with van der Waals surface area (Å²) < 4.78 is 36.2. The van der Waals surface area contributed by atoms with Crippen molar-refractivity contribution in [1.29, 1.82) is 0 Å². The first-order valence-corrected chi connectivity index (χ1v) is 9.21. The van der Waals surface area contributed by atoms with E-state index in [4.69, 9.17) is 9.84 Å². The Balaban J connectivity index is 1.31. The number of carboxylic acid groups (broad SMARTS) is 1. The second-order valence-corrected chi connectivity index (χ2v) is 7.60. The van der Waals surface area contributed by atoms with Gasteiger partial charge in [0.25, 0.3) is 0 Å². The molecule has 0 radical (unpaired) electrons. The average Bonchev–Trinajstić information content (AvgIpc) is 3.08. The number of hydrogen-bond donors (Lipinski definition) is 1. The number of aromatic nitrogens is 3. The highest BCUT2D eigenvalue weighted by Gasteiger charge is 2.60. The van der Waals surface area contributed by atoms with Gasteiger partial charge in [-0.05, 0) is 11.8 Å². The zero-order valence-electron chi connectivity index (χ0n) is 15.1. The largest absolute Gasteiger partial charge is 0.481 e. The van der Waals surface area contributed by atoms with Gasteiger partial charge in [-0.15, -0.1) is 5.10 Å². The molecular weight excluding hydrogens is 388 g/mol. The Labute approximate surface area is 163 Å². The van der Waals surface area contributed by atoms with Crippen LogP contribution in [0.3, 0.4) is 0 Å². The van der Waals surface area contributed by atoms with Gasteiger partial charge in [-0.2, -0.15) is 0 Å². The molecule has 3 aliphatic rings. The monoisotopic (exact) mass is 405 g/mol. The highest BCUT2D eigenvalue weighted by atomic mass is 19.1. The van der Waals surface area contributed by atoms with Crippen molar-refractivity contribution in [3.63, 3.8) is 0 Å². The molecule has 3 heterocycles. The summed E-state index contributed by atoms with van der Waals surface area (Å²) in [5.74, 6) is -3.00. The fourth-order valence-corrected chi connectivity index (χ4v) is 4.45. The van der Waals surface area contributed by atoms with Crippen LogP contribution in [0.1, 0.15) is 0 Å². The van der Waals surface area contributed by atoms with Crippen LogP contribution < -0.4 is 9.80 Å². The molecule has 0 bridgehead atoms. The molecule has 2 aliphatic heterocycles. The van der Waals surface area contributed by atoms with E-state index in [1.807, 2.05) is 0 Å². The summed E-state index contributed by atoms with van der Waals surface area (Å²) in [4.78, 5) is 26.0. The number of halogens is 2. The van der Waals surface area contributed by atoms with E-state index in [2.05, 4.69) is 10.3 Å². The second-order valence-electron chi connectivity index (χ2n) is 7.60. The van der Waals surface area contributed by atoms with Gasteiger partial charge in [0.05, 0.1) is 30.9 Å². The number of carboxylic acids is 1. The number of rotatable bonds is 5. The lowest BCUT2D eigenvalue weighted by molar-refractivity contribution is -0.139. The van der Waals surface area contributed by atoms with Crippen LogP contribution in [0.5, 0.6) is 0 Å². The van der Waals surface area contributed by atoms with Crippen LogP contribution in [0, 0.1) is 29.4 Å². The van der Waals surface area contributed by atoms with Crippen LogP contribution in [0.2, 0.25) is 0 Å². The number of benzene rings is 1. The fraction of sp³-hybridized carbons (Fsp3) is 0.444. The third kappa shape index (κ3) is 2.97. The van der Waals surface area contributed by atoms with Crippen LogP contribution in [0.4, 0.5) is 25.0 Å². The Hall–Kier alpha value is -3.24. The lowest BCUT2D eigenvalue weighted by atomic mass is 10.2. The molecule has 29 heavy (non-hydrogen) atoms. The summed E-state index contributed by atoms with van der Waals surface area (Å²) in [6, 6.07) is 2.21. The van der Waals surface area contributed by atoms with Crippen LogP contribution in [0.15, 0.2) is 24.5 Å². The van der Waals surface area contributed by atoms with E-state index >= 15 is 0 Å². The molecular formula is C18H17F2N5O4. The number of hydrogen-bond acceptors (Lipinski definition) is 6. The quantitative estimate of drug-likeness (QED) is 0.801. The number of carbonyl (C=O) groups excluding carboxylic acids is 1. The molecule has 1 N–H and O–H groups in total. The molecule has 0 spiro atoms. The van der Waals surface area contributed by atoms with E-state index in [9.17, 15) is 18.4 Å². The van der Waals surface area contributed by atoms with Gasteiger partial charge in [0.15, 0.2) is 11.6 Å². The molecule has 1 aromatic carbocycles. The molecule has 2 saturated heterocycles. The van der Waals surface area contributed by atoms with Crippen molar-refractivity contribution < 1.29 is 28.2 Å². The van der Waals surface area contributed by atoms with E-state index < -0.39 is 35.7 Å². The average molecular weight is 405 g/mol. The van der Waals surface area contributed by atoms with Gasteiger partial charge in [0.1, 0.15) is 11.8 Å². The SMILES string of the molecule is O=C(O)C1[C@H]2CN(c3c(F)cc(N4C[C@H](Cn5ccnn5)OC4=O)cc3F)C[C@@H]12. The molecule has 2 aromatic rings. The fourth-order valence-electron chi connectivity index (χ4n) is 4.45. The van der Waals surface area contributed by atoms with Crippen molar-refractivity contribution >= 4 is 23.4 Å². The maximum atomic E-state index is 14.7. The molecule has 1 aromatic heterocycles. The summed E-state index contributed by atoms with van der Waals surface area (Å²) in [6.45, 7) is 1.03. The minimum absolute atomic E-state index is 0.0719. The Morgan fingerprint density at radius 2 is 1.90 bits per heavy atom. The smallest absolute Gasteiger partial charge is 0.414 e. The molecule has 1 unspecified atom stereocenters. The number of carbonyl (C=O) groups is 2. The molecule has 5 rings (SSSR count). The van der Waals surface area contributed by atoms with Gasteiger partial charge in [-0.25, -0.2) is 18.3 Å². The van der Waals surface area contributed by atoms with Crippen molar-refractivity contribution in [2.45, 2.75) is 12.6 Å². The standard InChI is InChI=1S/C18H17F2N5O4/c19-13-3-9(25-6-10(29-18(25)28)5-24-2-1-21-22-24)4-14(20)16(13)23-7-11-12(8-23)15(11)17(26)27/h1-4,10-12,15H,5-8H2,(H,26,27)/t10-,11-,12+,15?/m0/s1. The van der Waals surface area contributed by atoms with Gasteiger partial charge in [0.2, 0.25) is 0 Å². The van der Waals surface area contributed by atoms with E-state index in [1.54, 1.807) is 11.1 Å². The predicted molar refractivity (Wildman–Crippen MR) is 94.3 cm³/mol. The van der Waals surface area contributed by atoms with Crippen LogP contribution in [-0.4, -0.2) is 57.9 Å². The molecule has 1 saturated carbocycles. The third-order valence-electron chi connectivity index (χ3n) is 5.85. The van der Waals surface area contributed by atoms with Crippen molar-refractivity contribution in [3.05, 3.63) is 36.2 Å². The Morgan fingerprint density at radius 3 is 2.48 bits per heavy atom. The highest BCUT2D eigenvalue weighted by molar-refractivity contribution is 5.90. The second kappa shape index (κ2) is 6.39. The number of anilines is 2. The van der Waals surface area contributed by atoms with Gasteiger partial charge >= 0.3 is 12.1 Å². The topological polar surface area (TPSA) is 101 Å². The molecule has 11 heteroatoms. The highest BCUT2D eigenvalue weighted by Crippen LogP contribution is 2.53. The summed E-state index contributed by atoms with van der Waals surface area (Å²) in [5.41, 5.74) is -0.112. The maximum absolute atomic E-state index is 14.7. The van der Waals surface area contributed by atoms with Crippen LogP contribution in [0.25, 0.3) is 0 Å². The molecule has 4 atom stereocenters. The van der Waals surface area contributed by atoms with Gasteiger partial charge in [-0.3, -0.25) is 9.69 Å². The minimum atomic E-state index is -0.857. The number of amides is 1. The summed E-state index contributed by atoms with van der Waals surface area (Å²) >= 11 is 0.